The number of hydrogen-bond donors (Lipinski definition) is 2. The van der Waals surface area contributed by atoms with Gasteiger partial charge in [-0.1, -0.05) is 29.3 Å². The van der Waals surface area contributed by atoms with Crippen LogP contribution in [0.1, 0.15) is 27.4 Å². The van der Waals surface area contributed by atoms with Gasteiger partial charge in [-0.05, 0) is 37.1 Å². The first-order valence-electron chi connectivity index (χ1n) is 7.54. The van der Waals surface area contributed by atoms with E-state index >= 15 is 0 Å². The van der Waals surface area contributed by atoms with Crippen molar-refractivity contribution < 1.29 is 18.7 Å². The summed E-state index contributed by atoms with van der Waals surface area (Å²) in [6.07, 6.45) is 0.579. The predicted octanol–water partition coefficient (Wildman–Crippen LogP) is 3.72. The van der Waals surface area contributed by atoms with Gasteiger partial charge in [0.1, 0.15) is 17.1 Å². The van der Waals surface area contributed by atoms with Crippen molar-refractivity contribution in [2.45, 2.75) is 19.9 Å². The Bertz CT molecular complexity index is 774. The highest BCUT2D eigenvalue weighted by molar-refractivity contribution is 6.35. The number of benzene rings is 1. The summed E-state index contributed by atoms with van der Waals surface area (Å²) in [4.78, 5) is 23.3. The molecule has 6 nitrogen and oxygen atoms in total. The second-order valence-corrected chi connectivity index (χ2v) is 6.11. The smallest absolute Gasteiger partial charge is 0.341 e. The second kappa shape index (κ2) is 8.78. The minimum absolute atomic E-state index is 0.158. The molecule has 0 fully saturated rings. The van der Waals surface area contributed by atoms with Crippen LogP contribution in [0.3, 0.4) is 0 Å². The highest BCUT2D eigenvalue weighted by Crippen LogP contribution is 2.21. The summed E-state index contributed by atoms with van der Waals surface area (Å²) in [5.74, 6) is 0.437. The molecule has 2 N–H and O–H groups in total. The zero-order chi connectivity index (χ0) is 18.4. The number of ether oxygens (including phenoxy) is 1. The summed E-state index contributed by atoms with van der Waals surface area (Å²) in [6.45, 7) is 2.23. The number of carbonyl (C=O) groups is 2. The molecule has 0 aliphatic rings. The molecule has 2 aromatic rings. The first-order chi connectivity index (χ1) is 11.9. The van der Waals surface area contributed by atoms with Crippen molar-refractivity contribution in [1.82, 2.24) is 10.6 Å². The van der Waals surface area contributed by atoms with Gasteiger partial charge in [-0.2, -0.15) is 0 Å². The Morgan fingerprint density at radius 1 is 1.20 bits per heavy atom. The summed E-state index contributed by atoms with van der Waals surface area (Å²) >= 11 is 11.9. The molecule has 1 heterocycles. The third kappa shape index (κ3) is 5.41. The first-order valence-corrected chi connectivity index (χ1v) is 8.29. The normalized spacial score (nSPS) is 10.4. The Kier molecular flexibility index (Phi) is 6.73. The summed E-state index contributed by atoms with van der Waals surface area (Å²) in [7, 11) is 1.30. The number of furan rings is 1. The number of aryl methyl sites for hydroxylation is 1. The number of amides is 2. The number of carbonyl (C=O) groups excluding carboxylic acids is 2. The molecule has 0 bridgehead atoms. The molecular formula is C17H18Cl2N2O4. The van der Waals surface area contributed by atoms with Crippen LogP contribution in [0.25, 0.3) is 0 Å². The van der Waals surface area contributed by atoms with Crippen molar-refractivity contribution in [1.29, 1.82) is 0 Å². The van der Waals surface area contributed by atoms with Gasteiger partial charge < -0.3 is 19.8 Å². The second-order valence-electron chi connectivity index (χ2n) is 5.27. The highest BCUT2D eigenvalue weighted by atomic mass is 35.5. The van der Waals surface area contributed by atoms with Gasteiger partial charge >= 0.3 is 12.0 Å². The van der Waals surface area contributed by atoms with Gasteiger partial charge in [-0.15, -0.1) is 0 Å². The maximum Gasteiger partial charge on any atom is 0.341 e. The van der Waals surface area contributed by atoms with Gasteiger partial charge in [0.15, 0.2) is 0 Å². The summed E-state index contributed by atoms with van der Waals surface area (Å²) < 4.78 is 10.1. The van der Waals surface area contributed by atoms with Crippen LogP contribution >= 0.6 is 23.2 Å². The molecular weight excluding hydrogens is 367 g/mol. The molecule has 0 radical (unpaired) electrons. The summed E-state index contributed by atoms with van der Waals surface area (Å²) in [5.41, 5.74) is 1.24. The predicted molar refractivity (Wildman–Crippen MR) is 95.2 cm³/mol. The van der Waals surface area contributed by atoms with E-state index in [9.17, 15) is 9.59 Å². The van der Waals surface area contributed by atoms with E-state index in [-0.39, 0.29) is 12.6 Å². The van der Waals surface area contributed by atoms with Crippen LogP contribution in [0.2, 0.25) is 10.0 Å². The Morgan fingerprint density at radius 2 is 1.96 bits per heavy atom. The van der Waals surface area contributed by atoms with Crippen LogP contribution in [0.15, 0.2) is 28.7 Å². The fourth-order valence-corrected chi connectivity index (χ4v) is 2.71. The monoisotopic (exact) mass is 384 g/mol. The van der Waals surface area contributed by atoms with Gasteiger partial charge in [0.05, 0.1) is 13.7 Å². The third-order valence-electron chi connectivity index (χ3n) is 3.49. The molecule has 0 aliphatic carbocycles. The van der Waals surface area contributed by atoms with E-state index in [2.05, 4.69) is 15.4 Å². The molecule has 8 heteroatoms. The molecule has 1 aromatic heterocycles. The largest absolute Gasteiger partial charge is 0.465 e. The van der Waals surface area contributed by atoms with Gasteiger partial charge in [0, 0.05) is 16.6 Å². The lowest BCUT2D eigenvalue weighted by atomic mass is 10.1. The summed E-state index contributed by atoms with van der Waals surface area (Å²) in [5, 5.41) is 6.51. The van der Waals surface area contributed by atoms with E-state index in [1.165, 1.54) is 7.11 Å². The number of hydrogen-bond acceptors (Lipinski definition) is 4. The average Bonchev–Trinajstić information content (AvgIpc) is 2.95. The van der Waals surface area contributed by atoms with Crippen molar-refractivity contribution in [2.75, 3.05) is 13.7 Å². The van der Waals surface area contributed by atoms with Crippen LogP contribution in [0, 0.1) is 6.92 Å². The standard InChI is InChI=1S/C17H18Cl2N2O4/c1-10-14(16(22)24-2)8-13(25-10)9-21-17(23)20-6-5-11-3-4-12(18)7-15(11)19/h3-4,7-8H,5-6,9H2,1-2H3,(H2,20,21,23). The quantitative estimate of drug-likeness (QED) is 0.743. The molecule has 2 rings (SSSR count). The van der Waals surface area contributed by atoms with Gasteiger partial charge in [0.2, 0.25) is 0 Å². The Morgan fingerprint density at radius 3 is 2.64 bits per heavy atom. The van der Waals surface area contributed by atoms with Crippen molar-refractivity contribution in [3.8, 4) is 0 Å². The lowest BCUT2D eigenvalue weighted by molar-refractivity contribution is 0.0598. The van der Waals surface area contributed by atoms with Crippen molar-refractivity contribution in [3.05, 3.63) is 57.0 Å². The van der Waals surface area contributed by atoms with E-state index in [1.807, 2.05) is 6.07 Å². The fraction of sp³-hybridized carbons (Fsp3) is 0.294. The number of nitrogens with one attached hydrogen (secondary N) is 2. The minimum Gasteiger partial charge on any atom is -0.465 e. The van der Waals surface area contributed by atoms with Crippen molar-refractivity contribution in [2.24, 2.45) is 0 Å². The van der Waals surface area contributed by atoms with Gasteiger partial charge in [0.25, 0.3) is 0 Å². The van der Waals surface area contributed by atoms with E-state index in [0.717, 1.165) is 5.56 Å². The molecule has 1 aromatic carbocycles. The molecule has 0 saturated carbocycles. The number of esters is 1. The van der Waals surface area contributed by atoms with Crippen LogP contribution in [-0.2, 0) is 17.7 Å². The number of urea groups is 1. The molecule has 2 amide bonds. The van der Waals surface area contributed by atoms with E-state index in [4.69, 9.17) is 27.6 Å². The van der Waals surface area contributed by atoms with Crippen LogP contribution < -0.4 is 10.6 Å². The van der Waals surface area contributed by atoms with Crippen LogP contribution in [0.4, 0.5) is 4.79 Å². The average molecular weight is 385 g/mol. The lowest BCUT2D eigenvalue weighted by Crippen LogP contribution is -2.36. The lowest BCUT2D eigenvalue weighted by Gasteiger charge is -2.08. The van der Waals surface area contributed by atoms with Gasteiger partial charge in [-0.25, -0.2) is 9.59 Å². The molecule has 0 spiro atoms. The fourth-order valence-electron chi connectivity index (χ4n) is 2.21. The number of halogens is 2. The molecule has 25 heavy (non-hydrogen) atoms. The summed E-state index contributed by atoms with van der Waals surface area (Å²) in [6, 6.07) is 6.44. The Hall–Kier alpha value is -2.18. The highest BCUT2D eigenvalue weighted by Gasteiger charge is 2.15. The SMILES string of the molecule is COC(=O)c1cc(CNC(=O)NCCc2ccc(Cl)cc2Cl)oc1C. The molecule has 0 unspecified atom stereocenters. The van der Waals surface area contributed by atoms with Crippen LogP contribution in [-0.4, -0.2) is 25.7 Å². The number of rotatable bonds is 6. The van der Waals surface area contributed by atoms with Gasteiger partial charge in [-0.3, -0.25) is 0 Å². The van der Waals surface area contributed by atoms with Crippen LogP contribution in [0.5, 0.6) is 0 Å². The van der Waals surface area contributed by atoms with E-state index < -0.39 is 5.97 Å². The zero-order valence-corrected chi connectivity index (χ0v) is 15.3. The van der Waals surface area contributed by atoms with E-state index in [0.29, 0.717) is 40.1 Å². The molecule has 0 aliphatic heterocycles. The van der Waals surface area contributed by atoms with Crippen molar-refractivity contribution >= 4 is 35.2 Å². The Labute approximate surface area is 155 Å². The topological polar surface area (TPSA) is 80.6 Å². The van der Waals surface area contributed by atoms with Crippen molar-refractivity contribution in [3.63, 3.8) is 0 Å². The van der Waals surface area contributed by atoms with E-state index in [1.54, 1.807) is 25.1 Å². The first kappa shape index (κ1) is 19.1. The molecule has 134 valence electrons. The minimum atomic E-state index is -0.475. The number of methoxy groups -OCH3 is 1. The zero-order valence-electron chi connectivity index (χ0n) is 13.8. The molecule has 0 atom stereocenters. The maximum atomic E-state index is 11.8. The maximum absolute atomic E-state index is 11.8. The Balaban J connectivity index is 1.78. The molecule has 0 saturated heterocycles. The third-order valence-corrected chi connectivity index (χ3v) is 4.08.